The molecular formula is C11H7Cl6N3O. The summed E-state index contributed by atoms with van der Waals surface area (Å²) in [4.78, 5) is 11.9. The molecule has 4 nitrogen and oxygen atoms in total. The van der Waals surface area contributed by atoms with Crippen LogP contribution < -0.4 is 0 Å². The third kappa shape index (κ3) is 5.02. The van der Waals surface area contributed by atoms with Gasteiger partial charge in [-0.15, -0.1) is 0 Å². The van der Waals surface area contributed by atoms with E-state index >= 15 is 0 Å². The molecule has 0 saturated carbocycles. The monoisotopic (exact) mass is 407 g/mol. The lowest BCUT2D eigenvalue weighted by atomic mass is 10.2. The largest absolute Gasteiger partial charge is 0.494 e. The number of alkyl halides is 6. The summed E-state index contributed by atoms with van der Waals surface area (Å²) in [7, 11) is 0. The van der Waals surface area contributed by atoms with Crippen molar-refractivity contribution < 1.29 is 4.74 Å². The van der Waals surface area contributed by atoms with Crippen molar-refractivity contribution in [1.29, 1.82) is 0 Å². The second-order valence-corrected chi connectivity index (χ2v) is 8.54. The van der Waals surface area contributed by atoms with E-state index in [2.05, 4.69) is 15.0 Å². The summed E-state index contributed by atoms with van der Waals surface area (Å²) in [5.74, 6) is -0.0639. The van der Waals surface area contributed by atoms with E-state index in [0.717, 1.165) is 6.42 Å². The number of nitrogens with zero attached hydrogens (tertiary/aromatic N) is 3. The van der Waals surface area contributed by atoms with E-state index in [4.69, 9.17) is 74.3 Å². The van der Waals surface area contributed by atoms with Crippen molar-refractivity contribution in [3.63, 3.8) is 0 Å². The van der Waals surface area contributed by atoms with Crippen LogP contribution in [-0.4, -0.2) is 21.1 Å². The highest BCUT2D eigenvalue weighted by atomic mass is 35.6. The normalized spacial score (nSPS) is 19.2. The fourth-order valence-corrected chi connectivity index (χ4v) is 1.95. The molecule has 1 atom stereocenters. The number of aromatic nitrogens is 3. The highest BCUT2D eigenvalue weighted by Gasteiger charge is 2.33. The highest BCUT2D eigenvalue weighted by molar-refractivity contribution is 6.67. The standard InChI is InChI=1S/C11H7Cl6N3O/c12-10(13,14)8-18-7(4-3-6-2-1-5-21-6)19-9(20-8)11(15,16)17/h1,3-6H,2H2/b4-3+. The van der Waals surface area contributed by atoms with Crippen molar-refractivity contribution >= 4 is 75.7 Å². The molecule has 0 fully saturated rings. The SMILES string of the molecule is ClC(Cl)(Cl)c1nc(/C=C/C2CC=CO2)nc(C(Cl)(Cl)Cl)n1. The predicted octanol–water partition coefficient (Wildman–Crippen LogP) is 4.84. The fraction of sp³-hybridized carbons (Fsp3) is 0.364. The predicted molar refractivity (Wildman–Crippen MR) is 86.0 cm³/mol. The summed E-state index contributed by atoms with van der Waals surface area (Å²) in [6, 6.07) is 0. The zero-order valence-electron chi connectivity index (χ0n) is 10.1. The summed E-state index contributed by atoms with van der Waals surface area (Å²) in [6.07, 6.45) is 7.48. The first-order valence-electron chi connectivity index (χ1n) is 5.55. The average Bonchev–Trinajstić information content (AvgIpc) is 2.87. The summed E-state index contributed by atoms with van der Waals surface area (Å²) >= 11 is 34.6. The van der Waals surface area contributed by atoms with Crippen LogP contribution in [0.1, 0.15) is 23.9 Å². The number of hydrogen-bond acceptors (Lipinski definition) is 4. The van der Waals surface area contributed by atoms with Crippen LogP contribution in [0.25, 0.3) is 6.08 Å². The zero-order chi connectivity index (χ0) is 15.7. The first-order chi connectivity index (χ1) is 9.66. The Balaban J connectivity index is 2.35. The van der Waals surface area contributed by atoms with E-state index in [0.29, 0.717) is 0 Å². The minimum Gasteiger partial charge on any atom is -0.494 e. The van der Waals surface area contributed by atoms with Crippen molar-refractivity contribution in [1.82, 2.24) is 15.0 Å². The van der Waals surface area contributed by atoms with Gasteiger partial charge in [-0.3, -0.25) is 0 Å². The van der Waals surface area contributed by atoms with Crippen molar-refractivity contribution in [2.45, 2.75) is 20.1 Å². The Labute approximate surface area is 151 Å². The van der Waals surface area contributed by atoms with E-state index in [9.17, 15) is 0 Å². The number of rotatable bonds is 2. The Morgan fingerprint density at radius 1 is 1.00 bits per heavy atom. The van der Waals surface area contributed by atoms with Gasteiger partial charge in [0.25, 0.3) is 0 Å². The van der Waals surface area contributed by atoms with E-state index in [1.165, 1.54) is 0 Å². The van der Waals surface area contributed by atoms with Crippen LogP contribution in [0.5, 0.6) is 0 Å². The molecule has 0 bridgehead atoms. The molecule has 1 aromatic rings. The second kappa shape index (κ2) is 6.65. The van der Waals surface area contributed by atoms with Crippen LogP contribution in [0, 0.1) is 0 Å². The van der Waals surface area contributed by atoms with Gasteiger partial charge in [0.05, 0.1) is 6.26 Å². The topological polar surface area (TPSA) is 47.9 Å². The van der Waals surface area contributed by atoms with E-state index in [1.807, 2.05) is 6.08 Å². The fourth-order valence-electron chi connectivity index (χ4n) is 1.44. The maximum absolute atomic E-state index is 5.77. The molecule has 2 rings (SSSR count). The molecule has 1 aliphatic heterocycles. The van der Waals surface area contributed by atoms with Gasteiger partial charge in [0.15, 0.2) is 17.5 Å². The molecule has 1 aromatic heterocycles. The van der Waals surface area contributed by atoms with Gasteiger partial charge in [-0.1, -0.05) is 69.6 Å². The molecular weight excluding hydrogens is 403 g/mol. The van der Waals surface area contributed by atoms with Crippen molar-refractivity contribution in [2.24, 2.45) is 0 Å². The first kappa shape index (κ1) is 17.4. The lowest BCUT2D eigenvalue weighted by Gasteiger charge is -2.14. The number of halogens is 6. The Kier molecular flexibility index (Phi) is 5.50. The number of hydrogen-bond donors (Lipinski definition) is 0. The Morgan fingerprint density at radius 3 is 2.00 bits per heavy atom. The molecule has 114 valence electrons. The van der Waals surface area contributed by atoms with Gasteiger partial charge >= 0.3 is 0 Å². The molecule has 0 radical (unpaired) electrons. The molecule has 0 aromatic carbocycles. The summed E-state index contributed by atoms with van der Waals surface area (Å²) < 4.78 is 1.56. The minimum absolute atomic E-state index is 0.103. The van der Waals surface area contributed by atoms with Crippen molar-refractivity contribution in [3.8, 4) is 0 Å². The summed E-state index contributed by atoms with van der Waals surface area (Å²) in [5.41, 5.74) is 0. The van der Waals surface area contributed by atoms with Crippen LogP contribution in [0.3, 0.4) is 0 Å². The third-order valence-electron chi connectivity index (χ3n) is 2.34. The van der Waals surface area contributed by atoms with E-state index in [1.54, 1.807) is 18.4 Å². The Morgan fingerprint density at radius 2 is 1.57 bits per heavy atom. The maximum atomic E-state index is 5.77. The quantitative estimate of drug-likeness (QED) is 0.655. The average molecular weight is 410 g/mol. The summed E-state index contributed by atoms with van der Waals surface area (Å²) in [5, 5.41) is 0. The number of ether oxygens (including phenoxy) is 1. The molecule has 1 aliphatic rings. The van der Waals surface area contributed by atoms with Gasteiger partial charge in [0.2, 0.25) is 7.59 Å². The molecule has 0 spiro atoms. The van der Waals surface area contributed by atoms with Crippen LogP contribution in [-0.2, 0) is 12.3 Å². The first-order valence-corrected chi connectivity index (χ1v) is 7.82. The van der Waals surface area contributed by atoms with Crippen LogP contribution >= 0.6 is 69.6 Å². The molecule has 0 N–H and O–H groups in total. The molecule has 1 unspecified atom stereocenters. The molecule has 0 amide bonds. The molecule has 10 heteroatoms. The minimum atomic E-state index is -1.86. The van der Waals surface area contributed by atoms with Crippen LogP contribution in [0.4, 0.5) is 0 Å². The van der Waals surface area contributed by atoms with Gasteiger partial charge in [-0.05, 0) is 18.2 Å². The van der Waals surface area contributed by atoms with E-state index in [-0.39, 0.29) is 23.6 Å². The second-order valence-electron chi connectivity index (χ2n) is 3.98. The maximum Gasteiger partial charge on any atom is 0.250 e. The third-order valence-corrected chi connectivity index (χ3v) is 3.35. The molecule has 0 aliphatic carbocycles. The summed E-state index contributed by atoms with van der Waals surface area (Å²) in [6.45, 7) is 0. The van der Waals surface area contributed by atoms with Gasteiger partial charge in [-0.25, -0.2) is 15.0 Å². The highest BCUT2D eigenvalue weighted by Crippen LogP contribution is 2.39. The van der Waals surface area contributed by atoms with Gasteiger partial charge in [0.1, 0.15) is 6.10 Å². The molecule has 21 heavy (non-hydrogen) atoms. The zero-order valence-corrected chi connectivity index (χ0v) is 14.6. The van der Waals surface area contributed by atoms with Gasteiger partial charge in [-0.2, -0.15) is 0 Å². The van der Waals surface area contributed by atoms with E-state index < -0.39 is 7.59 Å². The van der Waals surface area contributed by atoms with Crippen molar-refractivity contribution in [3.05, 3.63) is 35.9 Å². The lowest BCUT2D eigenvalue weighted by Crippen LogP contribution is -2.17. The lowest BCUT2D eigenvalue weighted by molar-refractivity contribution is 0.215. The van der Waals surface area contributed by atoms with Crippen LogP contribution in [0.2, 0.25) is 0 Å². The molecule has 2 heterocycles. The van der Waals surface area contributed by atoms with Crippen molar-refractivity contribution in [2.75, 3.05) is 0 Å². The molecule has 0 saturated heterocycles. The Hall–Kier alpha value is 0.0300. The van der Waals surface area contributed by atoms with Gasteiger partial charge in [0, 0.05) is 6.42 Å². The Bertz CT molecular complexity index is 538. The van der Waals surface area contributed by atoms with Gasteiger partial charge < -0.3 is 4.74 Å². The van der Waals surface area contributed by atoms with Crippen LogP contribution in [0.15, 0.2) is 18.4 Å². The smallest absolute Gasteiger partial charge is 0.250 e.